The molecule has 0 unspecified atom stereocenters. The first-order valence-electron chi connectivity index (χ1n) is 11.3. The molecule has 1 N–H and O–H groups in total. The number of ether oxygens (including phenoxy) is 1. The van der Waals surface area contributed by atoms with Gasteiger partial charge in [0.15, 0.2) is 0 Å². The van der Waals surface area contributed by atoms with Gasteiger partial charge in [-0.3, -0.25) is 9.69 Å². The molecule has 4 fully saturated rings. The van der Waals surface area contributed by atoms with Gasteiger partial charge in [0.2, 0.25) is 5.91 Å². The number of hydrogen-bond donors (Lipinski definition) is 1. The second-order valence-corrected chi connectivity index (χ2v) is 9.69. The van der Waals surface area contributed by atoms with Gasteiger partial charge < -0.3 is 19.6 Å². The summed E-state index contributed by atoms with van der Waals surface area (Å²) in [5, 5.41) is 10.3. The number of pyridine rings is 1. The maximum atomic E-state index is 13.5. The molecular formula is C22H29ClN4O4. The van der Waals surface area contributed by atoms with Crippen molar-refractivity contribution in [2.75, 3.05) is 42.6 Å². The number of carbonyl (C=O) groups is 2. The predicted molar refractivity (Wildman–Crippen MR) is 116 cm³/mol. The molecule has 5 rings (SSSR count). The summed E-state index contributed by atoms with van der Waals surface area (Å²) in [5.41, 5.74) is 0.252. The van der Waals surface area contributed by atoms with Crippen molar-refractivity contribution in [3.8, 4) is 0 Å². The number of likely N-dealkylation sites (tertiary alicyclic amines) is 1. The summed E-state index contributed by atoms with van der Waals surface area (Å²) in [5.74, 6) is 0.926. The Balaban J connectivity index is 1.31. The average molecular weight is 449 g/mol. The fourth-order valence-corrected chi connectivity index (χ4v) is 5.97. The third-order valence-electron chi connectivity index (χ3n) is 7.41. The lowest BCUT2D eigenvalue weighted by Crippen LogP contribution is -2.50. The van der Waals surface area contributed by atoms with E-state index in [4.69, 9.17) is 16.3 Å². The summed E-state index contributed by atoms with van der Waals surface area (Å²) < 4.78 is 5.00. The van der Waals surface area contributed by atoms with Crippen LogP contribution in [0.3, 0.4) is 0 Å². The van der Waals surface area contributed by atoms with Crippen molar-refractivity contribution in [3.63, 3.8) is 0 Å². The number of halogens is 1. The van der Waals surface area contributed by atoms with Crippen molar-refractivity contribution in [1.29, 1.82) is 0 Å². The molecule has 1 saturated carbocycles. The third kappa shape index (κ3) is 3.74. The summed E-state index contributed by atoms with van der Waals surface area (Å²) in [4.78, 5) is 35.6. The molecule has 0 bridgehead atoms. The van der Waals surface area contributed by atoms with Crippen molar-refractivity contribution in [2.45, 2.75) is 57.1 Å². The number of aromatic nitrogens is 1. The standard InChI is InChI=1S/C22H29ClN4O4/c23-18-12-16(27-10-11-31-21(27)30)13-24-19(18)25-8-1-6-22(14-25)7-9-26(20(22)29)15-2-4-17(28)5-3-15/h12-13,15,17,28H,1-11,14H2/t15?,17?,22-/m0/s1. The molecule has 8 nitrogen and oxygen atoms in total. The highest BCUT2D eigenvalue weighted by molar-refractivity contribution is 6.33. The number of piperidine rings is 1. The Labute approximate surface area is 187 Å². The predicted octanol–water partition coefficient (Wildman–Crippen LogP) is 2.81. The smallest absolute Gasteiger partial charge is 0.414 e. The van der Waals surface area contributed by atoms with Gasteiger partial charge in [0.1, 0.15) is 12.4 Å². The highest BCUT2D eigenvalue weighted by atomic mass is 35.5. The highest BCUT2D eigenvalue weighted by Gasteiger charge is 2.51. The van der Waals surface area contributed by atoms with Crippen LogP contribution < -0.4 is 9.80 Å². The summed E-state index contributed by atoms with van der Waals surface area (Å²) in [6, 6.07) is 2.01. The van der Waals surface area contributed by atoms with Crippen LogP contribution in [0.2, 0.25) is 5.02 Å². The van der Waals surface area contributed by atoms with Gasteiger partial charge >= 0.3 is 6.09 Å². The van der Waals surface area contributed by atoms with Crippen LogP contribution in [0.15, 0.2) is 12.3 Å². The highest BCUT2D eigenvalue weighted by Crippen LogP contribution is 2.44. The Bertz CT molecular complexity index is 875. The third-order valence-corrected chi connectivity index (χ3v) is 7.69. The number of cyclic esters (lactones) is 1. The Morgan fingerprint density at radius 1 is 1.13 bits per heavy atom. The molecule has 3 aliphatic heterocycles. The Morgan fingerprint density at radius 2 is 1.94 bits per heavy atom. The van der Waals surface area contributed by atoms with Crippen molar-refractivity contribution in [1.82, 2.24) is 9.88 Å². The minimum absolute atomic E-state index is 0.216. The van der Waals surface area contributed by atoms with Gasteiger partial charge in [-0.1, -0.05) is 11.6 Å². The van der Waals surface area contributed by atoms with E-state index in [0.717, 1.165) is 58.0 Å². The SMILES string of the molecule is O=C1OCCN1c1cnc(N2CCC[C@]3(CCN(C4CCC(O)CC4)C3=O)C2)c(Cl)c1. The van der Waals surface area contributed by atoms with E-state index in [1.165, 1.54) is 4.90 Å². The van der Waals surface area contributed by atoms with E-state index in [0.29, 0.717) is 36.2 Å². The van der Waals surface area contributed by atoms with E-state index < -0.39 is 0 Å². The molecule has 9 heteroatoms. The Morgan fingerprint density at radius 3 is 2.65 bits per heavy atom. The van der Waals surface area contributed by atoms with Crippen molar-refractivity contribution in [3.05, 3.63) is 17.3 Å². The summed E-state index contributed by atoms with van der Waals surface area (Å²) in [6.45, 7) is 3.08. The number of anilines is 2. The van der Waals surface area contributed by atoms with Crippen molar-refractivity contribution >= 4 is 35.1 Å². The van der Waals surface area contributed by atoms with E-state index in [9.17, 15) is 14.7 Å². The number of rotatable bonds is 3. The molecule has 3 saturated heterocycles. The Kier molecular flexibility index (Phi) is 5.46. The molecule has 4 heterocycles. The van der Waals surface area contributed by atoms with E-state index in [2.05, 4.69) is 14.8 Å². The zero-order valence-electron chi connectivity index (χ0n) is 17.6. The monoisotopic (exact) mass is 448 g/mol. The minimum Gasteiger partial charge on any atom is -0.447 e. The molecule has 2 amide bonds. The first-order chi connectivity index (χ1) is 15.0. The normalized spacial score (nSPS) is 31.6. The fourth-order valence-electron chi connectivity index (χ4n) is 5.69. The topological polar surface area (TPSA) is 86.2 Å². The molecule has 1 aromatic heterocycles. The lowest BCUT2D eigenvalue weighted by Gasteiger charge is -2.41. The van der Waals surface area contributed by atoms with Gasteiger partial charge in [-0.2, -0.15) is 0 Å². The molecule has 1 aliphatic carbocycles. The van der Waals surface area contributed by atoms with Crippen LogP contribution in [0, 0.1) is 5.41 Å². The number of aliphatic hydroxyl groups is 1. The maximum Gasteiger partial charge on any atom is 0.414 e. The van der Waals surface area contributed by atoms with Gasteiger partial charge in [-0.25, -0.2) is 9.78 Å². The van der Waals surface area contributed by atoms with Gasteiger partial charge in [0.05, 0.1) is 35.0 Å². The molecular weight excluding hydrogens is 420 g/mol. The van der Waals surface area contributed by atoms with Gasteiger partial charge in [-0.05, 0) is 51.0 Å². The fraction of sp³-hybridized carbons (Fsp3) is 0.682. The van der Waals surface area contributed by atoms with Crippen LogP contribution in [0.4, 0.5) is 16.3 Å². The van der Waals surface area contributed by atoms with Crippen LogP contribution in [0.1, 0.15) is 44.9 Å². The Hall–Kier alpha value is -2.06. The largest absolute Gasteiger partial charge is 0.447 e. The van der Waals surface area contributed by atoms with Gasteiger partial charge in [-0.15, -0.1) is 0 Å². The second kappa shape index (κ2) is 8.13. The van der Waals surface area contributed by atoms with Crippen LogP contribution >= 0.6 is 11.6 Å². The first kappa shape index (κ1) is 20.8. The minimum atomic E-state index is -0.380. The van der Waals surface area contributed by atoms with E-state index in [-0.39, 0.29) is 29.6 Å². The molecule has 1 atom stereocenters. The van der Waals surface area contributed by atoms with E-state index >= 15 is 0 Å². The average Bonchev–Trinajstić information content (AvgIpc) is 3.33. The number of amides is 2. The molecule has 0 aromatic carbocycles. The number of aliphatic hydroxyl groups excluding tert-OH is 1. The van der Waals surface area contributed by atoms with Gasteiger partial charge in [0.25, 0.3) is 0 Å². The molecule has 0 radical (unpaired) electrons. The molecule has 168 valence electrons. The lowest BCUT2D eigenvalue weighted by molar-refractivity contribution is -0.139. The number of carbonyl (C=O) groups excluding carboxylic acids is 2. The second-order valence-electron chi connectivity index (χ2n) is 9.28. The zero-order chi connectivity index (χ0) is 21.6. The van der Waals surface area contributed by atoms with Crippen LogP contribution in [0.5, 0.6) is 0 Å². The number of nitrogens with zero attached hydrogens (tertiary/aromatic N) is 4. The summed E-state index contributed by atoms with van der Waals surface area (Å²) in [6.07, 6.45) is 7.07. The quantitative estimate of drug-likeness (QED) is 0.765. The van der Waals surface area contributed by atoms with Crippen LogP contribution in [0.25, 0.3) is 0 Å². The maximum absolute atomic E-state index is 13.5. The molecule has 1 spiro atoms. The van der Waals surface area contributed by atoms with E-state index in [1.54, 1.807) is 12.3 Å². The van der Waals surface area contributed by atoms with Crippen molar-refractivity contribution < 1.29 is 19.4 Å². The number of hydrogen-bond acceptors (Lipinski definition) is 6. The van der Waals surface area contributed by atoms with Crippen LogP contribution in [-0.2, 0) is 9.53 Å². The molecule has 1 aromatic rings. The molecule has 31 heavy (non-hydrogen) atoms. The summed E-state index contributed by atoms with van der Waals surface area (Å²) >= 11 is 6.58. The summed E-state index contributed by atoms with van der Waals surface area (Å²) in [7, 11) is 0. The van der Waals surface area contributed by atoms with Gasteiger partial charge in [0, 0.05) is 25.7 Å². The van der Waals surface area contributed by atoms with E-state index in [1.807, 2.05) is 0 Å². The van der Waals surface area contributed by atoms with Crippen LogP contribution in [-0.4, -0.2) is 71.9 Å². The lowest BCUT2D eigenvalue weighted by atomic mass is 9.78. The zero-order valence-corrected chi connectivity index (χ0v) is 18.4. The first-order valence-corrected chi connectivity index (χ1v) is 11.7. The van der Waals surface area contributed by atoms with Crippen molar-refractivity contribution in [2.24, 2.45) is 5.41 Å². The molecule has 4 aliphatic rings.